The monoisotopic (exact) mass is 258 g/mol. The quantitative estimate of drug-likeness (QED) is 0.701. The Morgan fingerprint density at radius 3 is 1.72 bits per heavy atom. The van der Waals surface area contributed by atoms with Crippen molar-refractivity contribution in [2.45, 2.75) is 60.1 Å². The minimum atomic E-state index is -0.290. The Kier molecular flexibility index (Phi) is 8.08. The van der Waals surface area contributed by atoms with Crippen LogP contribution in [0.15, 0.2) is 0 Å². The molecule has 0 aliphatic rings. The number of nitrogens with zero attached hydrogens (tertiary/aromatic N) is 1. The fourth-order valence-corrected chi connectivity index (χ4v) is 2.04. The first-order valence-corrected chi connectivity index (χ1v) is 7.25. The van der Waals surface area contributed by atoms with Gasteiger partial charge in [0.25, 0.3) is 0 Å². The highest BCUT2D eigenvalue weighted by Gasteiger charge is 2.16. The predicted octanol–water partition coefficient (Wildman–Crippen LogP) is 2.35. The molecule has 3 nitrogen and oxygen atoms in total. The predicted molar refractivity (Wildman–Crippen MR) is 79.9 cm³/mol. The van der Waals surface area contributed by atoms with Crippen LogP contribution in [0.1, 0.15) is 48.5 Å². The summed E-state index contributed by atoms with van der Waals surface area (Å²) in [6, 6.07) is 0. The average molecular weight is 258 g/mol. The molecule has 0 aliphatic heterocycles. The molecule has 3 heteroatoms. The number of hydrogen-bond acceptors (Lipinski definition) is 3. The molecule has 1 unspecified atom stereocenters. The van der Waals surface area contributed by atoms with Gasteiger partial charge in [-0.15, -0.1) is 0 Å². The van der Waals surface area contributed by atoms with Gasteiger partial charge < -0.3 is 15.3 Å². The van der Waals surface area contributed by atoms with Gasteiger partial charge in [-0.3, -0.25) is 0 Å². The third-order valence-electron chi connectivity index (χ3n) is 2.58. The summed E-state index contributed by atoms with van der Waals surface area (Å²) in [5.41, 5.74) is 0.0713. The lowest BCUT2D eigenvalue weighted by atomic mass is 10.1. The van der Waals surface area contributed by atoms with Crippen LogP contribution >= 0.6 is 0 Å². The second kappa shape index (κ2) is 8.13. The van der Waals surface area contributed by atoms with E-state index < -0.39 is 0 Å². The number of aliphatic hydroxyl groups excluding tert-OH is 1. The summed E-state index contributed by atoms with van der Waals surface area (Å²) in [4.78, 5) is 2.38. The van der Waals surface area contributed by atoms with Gasteiger partial charge in [0, 0.05) is 31.7 Å². The van der Waals surface area contributed by atoms with Gasteiger partial charge in [0.1, 0.15) is 0 Å². The topological polar surface area (TPSA) is 35.5 Å². The molecule has 0 aromatic rings. The van der Waals surface area contributed by atoms with Crippen LogP contribution in [0.3, 0.4) is 0 Å². The molecular weight excluding hydrogens is 224 g/mol. The van der Waals surface area contributed by atoms with E-state index in [0.29, 0.717) is 18.4 Å². The summed E-state index contributed by atoms with van der Waals surface area (Å²) >= 11 is 0. The fraction of sp³-hybridized carbons (Fsp3) is 1.00. The molecule has 18 heavy (non-hydrogen) atoms. The van der Waals surface area contributed by atoms with Crippen LogP contribution in [0.5, 0.6) is 0 Å². The molecule has 0 rings (SSSR count). The van der Waals surface area contributed by atoms with E-state index in [4.69, 9.17) is 0 Å². The van der Waals surface area contributed by atoms with Gasteiger partial charge in [-0.2, -0.15) is 0 Å². The first-order chi connectivity index (χ1) is 8.10. The summed E-state index contributed by atoms with van der Waals surface area (Å²) in [6.07, 6.45) is -0.290. The molecule has 0 amide bonds. The van der Waals surface area contributed by atoms with E-state index in [1.807, 2.05) is 0 Å². The number of hydrogen-bond donors (Lipinski definition) is 2. The number of β-amino-alcohol motifs (C(OH)–C–C–N with tert-alkyl or cyclic N) is 1. The number of nitrogens with one attached hydrogen (secondary N) is 1. The molecule has 0 bridgehead atoms. The molecule has 0 saturated heterocycles. The highest BCUT2D eigenvalue weighted by Crippen LogP contribution is 2.05. The third-order valence-corrected chi connectivity index (χ3v) is 2.58. The lowest BCUT2D eigenvalue weighted by Crippen LogP contribution is -2.46. The average Bonchev–Trinajstić information content (AvgIpc) is 2.11. The first kappa shape index (κ1) is 17.9. The van der Waals surface area contributed by atoms with Crippen LogP contribution in [0, 0.1) is 11.8 Å². The Labute approximate surface area is 114 Å². The molecule has 0 spiro atoms. The molecule has 1 atom stereocenters. The molecule has 0 aromatic heterocycles. The zero-order valence-electron chi connectivity index (χ0n) is 13.5. The van der Waals surface area contributed by atoms with Crippen molar-refractivity contribution in [1.82, 2.24) is 10.2 Å². The van der Waals surface area contributed by atoms with E-state index >= 15 is 0 Å². The van der Waals surface area contributed by atoms with Crippen LogP contribution < -0.4 is 5.32 Å². The Bertz CT molecular complexity index is 199. The SMILES string of the molecule is CC(C)CN(CC(C)C)CC(O)CNC(C)(C)C. The van der Waals surface area contributed by atoms with Crippen LogP contribution in [0.2, 0.25) is 0 Å². The highest BCUT2D eigenvalue weighted by molar-refractivity contribution is 4.75. The van der Waals surface area contributed by atoms with Crippen molar-refractivity contribution in [1.29, 1.82) is 0 Å². The zero-order valence-corrected chi connectivity index (χ0v) is 13.5. The Hall–Kier alpha value is -0.120. The van der Waals surface area contributed by atoms with Crippen LogP contribution in [0.4, 0.5) is 0 Å². The van der Waals surface area contributed by atoms with Gasteiger partial charge in [0.15, 0.2) is 0 Å². The zero-order chi connectivity index (χ0) is 14.3. The number of rotatable bonds is 8. The van der Waals surface area contributed by atoms with Crippen molar-refractivity contribution in [3.63, 3.8) is 0 Å². The van der Waals surface area contributed by atoms with E-state index in [2.05, 4.69) is 58.7 Å². The molecule has 0 fully saturated rings. The first-order valence-electron chi connectivity index (χ1n) is 7.25. The van der Waals surface area contributed by atoms with E-state index in [-0.39, 0.29) is 11.6 Å². The highest BCUT2D eigenvalue weighted by atomic mass is 16.3. The molecule has 0 aliphatic carbocycles. The maximum Gasteiger partial charge on any atom is 0.0791 e. The lowest BCUT2D eigenvalue weighted by Gasteiger charge is -2.30. The second-order valence-corrected chi connectivity index (χ2v) is 7.29. The van der Waals surface area contributed by atoms with Gasteiger partial charge in [-0.05, 0) is 32.6 Å². The molecule has 0 aromatic carbocycles. The van der Waals surface area contributed by atoms with Crippen molar-refractivity contribution in [2.24, 2.45) is 11.8 Å². The minimum absolute atomic E-state index is 0.0713. The summed E-state index contributed by atoms with van der Waals surface area (Å²) < 4.78 is 0. The smallest absolute Gasteiger partial charge is 0.0791 e. The van der Waals surface area contributed by atoms with Gasteiger partial charge >= 0.3 is 0 Å². The summed E-state index contributed by atoms with van der Waals surface area (Å²) in [5.74, 6) is 1.29. The van der Waals surface area contributed by atoms with Crippen molar-refractivity contribution in [2.75, 3.05) is 26.2 Å². The van der Waals surface area contributed by atoms with Crippen molar-refractivity contribution < 1.29 is 5.11 Å². The normalized spacial score (nSPS) is 14.8. The van der Waals surface area contributed by atoms with Crippen molar-refractivity contribution >= 4 is 0 Å². The summed E-state index contributed by atoms with van der Waals surface area (Å²) in [7, 11) is 0. The van der Waals surface area contributed by atoms with Crippen molar-refractivity contribution in [3.05, 3.63) is 0 Å². The van der Waals surface area contributed by atoms with Gasteiger partial charge in [-0.1, -0.05) is 27.7 Å². The maximum atomic E-state index is 10.1. The van der Waals surface area contributed by atoms with Gasteiger partial charge in [-0.25, -0.2) is 0 Å². The van der Waals surface area contributed by atoms with Crippen molar-refractivity contribution in [3.8, 4) is 0 Å². The Morgan fingerprint density at radius 2 is 1.39 bits per heavy atom. The van der Waals surface area contributed by atoms with E-state index in [0.717, 1.165) is 19.6 Å². The Morgan fingerprint density at radius 1 is 0.944 bits per heavy atom. The van der Waals surface area contributed by atoms with E-state index in [1.165, 1.54) is 0 Å². The third kappa shape index (κ3) is 11.0. The molecule has 110 valence electrons. The summed E-state index contributed by atoms with van der Waals surface area (Å²) in [6.45, 7) is 18.8. The molecule has 0 heterocycles. The molecular formula is C15H34N2O. The van der Waals surface area contributed by atoms with E-state index in [9.17, 15) is 5.11 Å². The maximum absolute atomic E-state index is 10.1. The summed E-state index contributed by atoms with van der Waals surface area (Å²) in [5, 5.41) is 13.5. The molecule has 0 saturated carbocycles. The molecule has 0 radical (unpaired) electrons. The fourth-order valence-electron chi connectivity index (χ4n) is 2.04. The van der Waals surface area contributed by atoms with Gasteiger partial charge in [0.05, 0.1) is 6.10 Å². The Balaban J connectivity index is 4.13. The molecule has 2 N–H and O–H groups in total. The standard InChI is InChI=1S/C15H34N2O/c1-12(2)9-17(10-13(3)4)11-14(18)8-16-15(5,6)7/h12-14,16,18H,8-11H2,1-7H3. The van der Waals surface area contributed by atoms with Crippen LogP contribution in [0.25, 0.3) is 0 Å². The van der Waals surface area contributed by atoms with E-state index in [1.54, 1.807) is 0 Å². The largest absolute Gasteiger partial charge is 0.390 e. The van der Waals surface area contributed by atoms with Gasteiger partial charge in [0.2, 0.25) is 0 Å². The number of aliphatic hydroxyl groups is 1. The van der Waals surface area contributed by atoms with Crippen LogP contribution in [-0.4, -0.2) is 47.8 Å². The second-order valence-electron chi connectivity index (χ2n) is 7.29. The van der Waals surface area contributed by atoms with Crippen LogP contribution in [-0.2, 0) is 0 Å². The minimum Gasteiger partial charge on any atom is -0.390 e. The lowest BCUT2D eigenvalue weighted by molar-refractivity contribution is 0.0926.